The summed E-state index contributed by atoms with van der Waals surface area (Å²) >= 11 is 0. The molecule has 0 saturated heterocycles. The van der Waals surface area contributed by atoms with E-state index in [1.165, 1.54) is 30.6 Å². The predicted octanol–water partition coefficient (Wildman–Crippen LogP) is 6.70. The summed E-state index contributed by atoms with van der Waals surface area (Å²) in [6.07, 6.45) is -0.367. The largest absolute Gasteiger partial charge is 0.416 e. The molecule has 230 valence electrons. The van der Waals surface area contributed by atoms with Crippen molar-refractivity contribution in [3.8, 4) is 0 Å². The average Bonchev–Trinajstić information content (AvgIpc) is 3.01. The van der Waals surface area contributed by atoms with E-state index >= 15 is 0 Å². The molecule has 4 aromatic rings. The van der Waals surface area contributed by atoms with Gasteiger partial charge in [0.1, 0.15) is 0 Å². The van der Waals surface area contributed by atoms with Crippen molar-refractivity contribution in [1.82, 2.24) is 9.97 Å². The molecule has 0 fully saturated rings. The first-order valence-corrected chi connectivity index (χ1v) is 13.7. The fourth-order valence-electron chi connectivity index (χ4n) is 4.20. The summed E-state index contributed by atoms with van der Waals surface area (Å²) in [4.78, 5) is 57.7. The van der Waals surface area contributed by atoms with Crippen molar-refractivity contribution in [1.29, 1.82) is 0 Å². The van der Waals surface area contributed by atoms with Crippen LogP contribution in [0, 0.1) is 6.92 Å². The van der Waals surface area contributed by atoms with Crippen LogP contribution in [0.3, 0.4) is 0 Å². The SMILES string of the molecule is C=CC(=O)CCC(=O)Nc1cccc(Nc2ncc(CC(=O)c3cc(NC(=O)c4cccc(C(F)(F)F)c4)ccc3C)cn2)c1. The number of hydrogen-bond donors (Lipinski definition) is 3. The first-order chi connectivity index (χ1) is 21.4. The van der Waals surface area contributed by atoms with Gasteiger partial charge in [-0.15, -0.1) is 0 Å². The number of nitrogens with one attached hydrogen (secondary N) is 3. The highest BCUT2D eigenvalue weighted by atomic mass is 19.4. The summed E-state index contributed by atoms with van der Waals surface area (Å²) in [7, 11) is 0. The van der Waals surface area contributed by atoms with Gasteiger partial charge >= 0.3 is 6.18 Å². The highest BCUT2D eigenvalue weighted by Crippen LogP contribution is 2.30. The van der Waals surface area contributed by atoms with Gasteiger partial charge in [-0.1, -0.05) is 24.8 Å². The Bertz CT molecular complexity index is 1750. The quantitative estimate of drug-likeness (QED) is 0.119. The third kappa shape index (κ3) is 9.17. The minimum absolute atomic E-state index is 0.0318. The van der Waals surface area contributed by atoms with E-state index in [2.05, 4.69) is 32.5 Å². The molecule has 12 heteroatoms. The lowest BCUT2D eigenvalue weighted by Gasteiger charge is -2.12. The number of rotatable bonds is 12. The molecule has 0 spiro atoms. The number of halogens is 3. The second-order valence-electron chi connectivity index (χ2n) is 10.0. The van der Waals surface area contributed by atoms with Crippen LogP contribution >= 0.6 is 0 Å². The van der Waals surface area contributed by atoms with Crippen molar-refractivity contribution >= 4 is 46.4 Å². The van der Waals surface area contributed by atoms with Crippen molar-refractivity contribution in [2.75, 3.05) is 16.0 Å². The summed E-state index contributed by atoms with van der Waals surface area (Å²) in [6.45, 7) is 5.11. The van der Waals surface area contributed by atoms with E-state index in [9.17, 15) is 32.3 Å². The molecule has 0 atom stereocenters. The average molecular weight is 616 g/mol. The molecule has 45 heavy (non-hydrogen) atoms. The van der Waals surface area contributed by atoms with Crippen molar-refractivity contribution in [3.63, 3.8) is 0 Å². The second kappa shape index (κ2) is 14.2. The van der Waals surface area contributed by atoms with Crippen LogP contribution < -0.4 is 16.0 Å². The number of carbonyl (C=O) groups excluding carboxylic acids is 4. The molecule has 0 radical (unpaired) electrons. The van der Waals surface area contributed by atoms with Crippen LogP contribution in [-0.4, -0.2) is 33.3 Å². The predicted molar refractivity (Wildman–Crippen MR) is 163 cm³/mol. The first-order valence-electron chi connectivity index (χ1n) is 13.7. The Balaban J connectivity index is 1.37. The first kappa shape index (κ1) is 32.3. The molecule has 3 N–H and O–H groups in total. The van der Waals surface area contributed by atoms with E-state index in [0.29, 0.717) is 28.1 Å². The van der Waals surface area contributed by atoms with Gasteiger partial charge in [0.25, 0.3) is 5.91 Å². The fourth-order valence-corrected chi connectivity index (χ4v) is 4.20. The molecule has 3 aromatic carbocycles. The Morgan fingerprint density at radius 3 is 2.24 bits per heavy atom. The van der Waals surface area contributed by atoms with Crippen LogP contribution in [0.1, 0.15) is 50.2 Å². The van der Waals surface area contributed by atoms with Gasteiger partial charge in [0.05, 0.1) is 5.56 Å². The normalized spacial score (nSPS) is 10.9. The highest BCUT2D eigenvalue weighted by molar-refractivity contribution is 6.06. The zero-order chi connectivity index (χ0) is 32.6. The maximum Gasteiger partial charge on any atom is 0.416 e. The monoisotopic (exact) mass is 615 g/mol. The van der Waals surface area contributed by atoms with Gasteiger partial charge in [0.15, 0.2) is 11.6 Å². The Morgan fingerprint density at radius 1 is 0.844 bits per heavy atom. The third-order valence-corrected chi connectivity index (χ3v) is 6.55. The van der Waals surface area contributed by atoms with Crippen molar-refractivity contribution in [3.05, 3.63) is 120 Å². The van der Waals surface area contributed by atoms with Gasteiger partial charge in [-0.25, -0.2) is 9.97 Å². The van der Waals surface area contributed by atoms with Crippen molar-refractivity contribution < 1.29 is 32.3 Å². The third-order valence-electron chi connectivity index (χ3n) is 6.55. The lowest BCUT2D eigenvalue weighted by molar-refractivity contribution is -0.137. The number of alkyl halides is 3. The molecular weight excluding hydrogens is 587 g/mol. The zero-order valence-electron chi connectivity index (χ0n) is 24.1. The van der Waals surface area contributed by atoms with Crippen LogP contribution in [0.25, 0.3) is 0 Å². The summed E-state index contributed by atoms with van der Waals surface area (Å²) in [5.74, 6) is -1.29. The summed E-state index contributed by atoms with van der Waals surface area (Å²) < 4.78 is 39.1. The Kier molecular flexibility index (Phi) is 10.2. The van der Waals surface area contributed by atoms with Crippen LogP contribution in [0.15, 0.2) is 91.8 Å². The maximum absolute atomic E-state index is 13.1. The number of amides is 2. The molecule has 1 heterocycles. The van der Waals surface area contributed by atoms with Crippen LogP contribution in [0.4, 0.5) is 36.2 Å². The summed E-state index contributed by atoms with van der Waals surface area (Å²) in [5, 5.41) is 8.29. The number of aromatic nitrogens is 2. The van der Waals surface area contributed by atoms with E-state index < -0.39 is 17.6 Å². The molecule has 0 unspecified atom stereocenters. The molecule has 9 nitrogen and oxygen atoms in total. The smallest absolute Gasteiger partial charge is 0.326 e. The minimum Gasteiger partial charge on any atom is -0.326 e. The van der Waals surface area contributed by atoms with E-state index in [1.807, 2.05) is 0 Å². The van der Waals surface area contributed by atoms with Crippen molar-refractivity contribution in [2.24, 2.45) is 0 Å². The van der Waals surface area contributed by atoms with Crippen LogP contribution in [0.5, 0.6) is 0 Å². The van der Waals surface area contributed by atoms with Gasteiger partial charge < -0.3 is 16.0 Å². The van der Waals surface area contributed by atoms with E-state index in [-0.39, 0.29) is 53.9 Å². The number of ketones is 2. The number of hydrogen-bond acceptors (Lipinski definition) is 7. The van der Waals surface area contributed by atoms with Gasteiger partial charge in [0.2, 0.25) is 11.9 Å². The molecule has 1 aromatic heterocycles. The minimum atomic E-state index is -4.59. The standard InChI is InChI=1S/C33H28F3N5O4/c1-3-27(42)12-13-30(44)39-24-8-5-9-25(16-24)41-32-37-18-21(19-38-32)14-29(43)28-17-26(11-10-20(28)2)40-31(45)22-6-4-7-23(15-22)33(34,35)36/h3-11,15-19H,1,12-14H2,2H3,(H,39,44)(H,40,45)(H,37,38,41). The summed E-state index contributed by atoms with van der Waals surface area (Å²) in [5.41, 5.74) is 1.76. The molecule has 0 aliphatic rings. The Morgan fingerprint density at radius 2 is 1.53 bits per heavy atom. The number of aryl methyl sites for hydroxylation is 1. The maximum atomic E-state index is 13.1. The summed E-state index contributed by atoms with van der Waals surface area (Å²) in [6, 6.07) is 15.6. The number of anilines is 4. The van der Waals surface area contributed by atoms with E-state index in [0.717, 1.165) is 18.2 Å². The molecule has 0 saturated carbocycles. The molecule has 2 amide bonds. The van der Waals surface area contributed by atoms with Gasteiger partial charge in [-0.3, -0.25) is 19.2 Å². The number of carbonyl (C=O) groups is 4. The molecular formula is C33H28F3N5O4. The van der Waals surface area contributed by atoms with E-state index in [4.69, 9.17) is 0 Å². The Labute approximate surface area is 256 Å². The highest BCUT2D eigenvalue weighted by Gasteiger charge is 2.31. The van der Waals surface area contributed by atoms with Gasteiger partial charge in [0, 0.05) is 59.8 Å². The molecule has 0 aliphatic carbocycles. The molecule has 0 aliphatic heterocycles. The lowest BCUT2D eigenvalue weighted by Crippen LogP contribution is -2.15. The molecule has 0 bridgehead atoms. The van der Waals surface area contributed by atoms with E-state index in [1.54, 1.807) is 43.3 Å². The molecule has 4 rings (SSSR count). The topological polar surface area (TPSA) is 130 Å². The fraction of sp³-hybridized carbons (Fsp3) is 0.152. The second-order valence-corrected chi connectivity index (χ2v) is 10.0. The van der Waals surface area contributed by atoms with Gasteiger partial charge in [-0.05, 0) is 72.7 Å². The number of allylic oxidation sites excluding steroid dienone is 1. The number of benzene rings is 3. The van der Waals surface area contributed by atoms with Crippen LogP contribution in [0.2, 0.25) is 0 Å². The Hall–Kier alpha value is -5.65. The van der Waals surface area contributed by atoms with Crippen LogP contribution in [-0.2, 0) is 22.2 Å². The zero-order valence-corrected chi connectivity index (χ0v) is 24.1. The number of nitrogens with zero attached hydrogens (tertiary/aromatic N) is 2. The lowest BCUT2D eigenvalue weighted by atomic mass is 9.99. The van der Waals surface area contributed by atoms with Gasteiger partial charge in [-0.2, -0.15) is 13.2 Å². The number of Topliss-reactive ketones (excluding diaryl/α,β-unsaturated/α-hetero) is 1. The van der Waals surface area contributed by atoms with Crippen molar-refractivity contribution in [2.45, 2.75) is 32.4 Å².